The average molecular weight is 585 g/mol. The summed E-state index contributed by atoms with van der Waals surface area (Å²) < 4.78 is 0. The molecule has 8 heteroatoms. The molecular weight excluding hydrogens is 552 g/mol. The Labute approximate surface area is 254 Å². The van der Waals surface area contributed by atoms with Crippen molar-refractivity contribution in [2.75, 3.05) is 9.80 Å². The molecule has 44 heavy (non-hydrogen) atoms. The lowest BCUT2D eigenvalue weighted by atomic mass is 9.99. The normalized spacial score (nSPS) is 29.7. The zero-order valence-corrected chi connectivity index (χ0v) is 24.2. The summed E-state index contributed by atoms with van der Waals surface area (Å²) in [6, 6.07) is 27.5. The van der Waals surface area contributed by atoms with E-state index in [-0.39, 0.29) is 48.0 Å². The van der Waals surface area contributed by atoms with Gasteiger partial charge in [0.15, 0.2) is 0 Å². The third-order valence-corrected chi connectivity index (χ3v) is 10.9. The van der Waals surface area contributed by atoms with E-state index in [4.69, 9.17) is 0 Å². The first-order chi connectivity index (χ1) is 21.5. The maximum absolute atomic E-state index is 12.8. The Morgan fingerprint density at radius 3 is 1.30 bits per heavy atom. The van der Waals surface area contributed by atoms with Crippen molar-refractivity contribution in [2.45, 2.75) is 62.7 Å². The van der Waals surface area contributed by atoms with E-state index >= 15 is 0 Å². The van der Waals surface area contributed by atoms with Gasteiger partial charge in [-0.2, -0.15) is 0 Å². The maximum atomic E-state index is 12.8. The lowest BCUT2D eigenvalue weighted by molar-refractivity contribution is -0.121. The molecule has 4 aromatic rings. The topological polar surface area (TPSA) is 81.2 Å². The molecule has 0 radical (unpaired) electrons. The molecule has 6 amide bonds. The molecule has 4 saturated heterocycles. The third kappa shape index (κ3) is 3.57. The van der Waals surface area contributed by atoms with Gasteiger partial charge < -0.3 is 9.80 Å². The van der Waals surface area contributed by atoms with Crippen molar-refractivity contribution in [2.24, 2.45) is 11.8 Å². The van der Waals surface area contributed by atoms with Gasteiger partial charge in [0.05, 0.1) is 11.4 Å². The van der Waals surface area contributed by atoms with E-state index in [0.29, 0.717) is 23.2 Å². The molecule has 4 unspecified atom stereocenters. The van der Waals surface area contributed by atoms with Crippen molar-refractivity contribution >= 4 is 56.8 Å². The second-order valence-electron chi connectivity index (χ2n) is 13.1. The second-order valence-corrected chi connectivity index (χ2v) is 13.1. The van der Waals surface area contributed by atoms with Crippen LogP contribution in [0.3, 0.4) is 0 Å². The predicted octanol–water partition coefficient (Wildman–Crippen LogP) is 6.32. The number of benzene rings is 4. The highest BCUT2D eigenvalue weighted by Gasteiger charge is 2.60. The molecule has 8 nitrogen and oxygen atoms in total. The molecule has 4 heterocycles. The molecule has 0 spiro atoms. The van der Waals surface area contributed by atoms with Gasteiger partial charge in [-0.3, -0.25) is 9.59 Å². The van der Waals surface area contributed by atoms with Gasteiger partial charge in [-0.05, 0) is 96.2 Å². The van der Waals surface area contributed by atoms with Gasteiger partial charge in [0.2, 0.25) is 0 Å². The van der Waals surface area contributed by atoms with Crippen molar-refractivity contribution in [3.05, 3.63) is 84.9 Å². The minimum Gasteiger partial charge on any atom is -0.309 e. The Balaban J connectivity index is 0.000000123. The first-order valence-corrected chi connectivity index (χ1v) is 15.8. The van der Waals surface area contributed by atoms with Crippen molar-refractivity contribution in [1.29, 1.82) is 0 Å². The summed E-state index contributed by atoms with van der Waals surface area (Å²) in [7, 11) is 0. The number of carbonyl (C=O) groups is 4. The number of fused-ring (bicyclic) bond motifs is 12. The predicted molar refractivity (Wildman–Crippen MR) is 167 cm³/mol. The quantitative estimate of drug-likeness (QED) is 0.258. The fourth-order valence-corrected chi connectivity index (χ4v) is 8.95. The molecule has 4 aromatic carbocycles. The fraction of sp³-hybridized carbons (Fsp3) is 0.333. The van der Waals surface area contributed by atoms with Crippen molar-refractivity contribution in [1.82, 2.24) is 9.80 Å². The van der Waals surface area contributed by atoms with Crippen LogP contribution in [0.5, 0.6) is 0 Å². The summed E-state index contributed by atoms with van der Waals surface area (Å²) in [5.41, 5.74) is 1.39. The Morgan fingerprint density at radius 2 is 0.886 bits per heavy atom. The van der Waals surface area contributed by atoms with Crippen molar-refractivity contribution in [3.63, 3.8) is 0 Å². The highest BCUT2D eigenvalue weighted by molar-refractivity contribution is 6.23. The average Bonchev–Trinajstić information content (AvgIpc) is 3.90. The first-order valence-electron chi connectivity index (χ1n) is 15.8. The number of nitrogens with zero attached hydrogens (tertiary/aromatic N) is 4. The monoisotopic (exact) mass is 584 g/mol. The smallest absolute Gasteiger partial charge is 0.309 e. The molecular formula is C36H32N4O4. The van der Waals surface area contributed by atoms with Crippen LogP contribution in [0.15, 0.2) is 84.9 Å². The Kier molecular flexibility index (Phi) is 5.49. The van der Waals surface area contributed by atoms with E-state index in [1.54, 1.807) is 0 Å². The van der Waals surface area contributed by atoms with E-state index in [1.807, 2.05) is 94.7 Å². The van der Waals surface area contributed by atoms with Crippen LogP contribution in [-0.2, 0) is 9.59 Å². The number of amides is 6. The number of anilines is 2. The standard InChI is InChI=1S/2C18H16N2O2/c2*21-17-16-13-6-8-14(10-13)19(16)18(22)20(17)15-7-5-11-3-1-2-4-12(11)9-15/h2*1-5,7,9,13-14,16H,6,8,10H2/t2*13?,14?,16-/m10/s1. The molecule has 220 valence electrons. The number of carbonyl (C=O) groups excluding carboxylic acids is 4. The second kappa shape index (κ2) is 9.39. The minimum absolute atomic E-state index is 0.0347. The maximum Gasteiger partial charge on any atom is 0.332 e. The van der Waals surface area contributed by atoms with Crippen LogP contribution in [-0.4, -0.2) is 57.8 Å². The molecule has 6 aliphatic rings. The highest BCUT2D eigenvalue weighted by atomic mass is 16.2. The molecule has 0 aromatic heterocycles. The largest absolute Gasteiger partial charge is 0.332 e. The number of hydrogen-bond acceptors (Lipinski definition) is 4. The zero-order chi connectivity index (χ0) is 29.7. The number of imide groups is 2. The number of hydrogen-bond donors (Lipinski definition) is 0. The Morgan fingerprint density at radius 1 is 0.477 bits per heavy atom. The van der Waals surface area contributed by atoms with Gasteiger partial charge in [0.25, 0.3) is 11.8 Å². The number of urea groups is 2. The van der Waals surface area contributed by atoms with Crippen LogP contribution in [0, 0.1) is 11.8 Å². The third-order valence-electron chi connectivity index (χ3n) is 10.9. The summed E-state index contributed by atoms with van der Waals surface area (Å²) >= 11 is 0. The van der Waals surface area contributed by atoms with E-state index in [9.17, 15) is 19.2 Å². The van der Waals surface area contributed by atoms with E-state index in [1.165, 1.54) is 9.80 Å². The van der Waals surface area contributed by atoms with Gasteiger partial charge in [-0.1, -0.05) is 60.7 Å². The first kappa shape index (κ1) is 25.7. The molecule has 6 fully saturated rings. The zero-order valence-electron chi connectivity index (χ0n) is 24.2. The molecule has 2 aliphatic carbocycles. The van der Waals surface area contributed by atoms with Crippen molar-refractivity contribution < 1.29 is 19.2 Å². The van der Waals surface area contributed by atoms with Crippen LogP contribution in [0.2, 0.25) is 0 Å². The summed E-state index contributed by atoms with van der Waals surface area (Å²) in [6.07, 6.45) is 6.27. The van der Waals surface area contributed by atoms with E-state index in [0.717, 1.165) is 60.1 Å². The number of piperidine rings is 2. The number of rotatable bonds is 2. The molecule has 4 bridgehead atoms. The molecule has 6 atom stereocenters. The fourth-order valence-electron chi connectivity index (χ4n) is 8.95. The summed E-state index contributed by atoms with van der Waals surface area (Å²) in [4.78, 5) is 57.5. The Bertz CT molecular complexity index is 1710. The molecule has 10 rings (SSSR count). The lowest BCUT2D eigenvalue weighted by Crippen LogP contribution is -2.40. The SMILES string of the molecule is O=C1[C@@H]2C3CCC(C3)N2C(=O)N1c1ccc2ccccc2c1.O=C1[C@H]2C3CCC(C3)N2C(=O)N1c1ccc2ccccc2c1. The molecule has 2 saturated carbocycles. The molecule has 0 N–H and O–H groups in total. The van der Waals surface area contributed by atoms with Crippen LogP contribution < -0.4 is 9.80 Å². The van der Waals surface area contributed by atoms with Gasteiger partial charge in [0.1, 0.15) is 12.1 Å². The van der Waals surface area contributed by atoms with E-state index < -0.39 is 0 Å². The summed E-state index contributed by atoms with van der Waals surface area (Å²) in [6.45, 7) is 0. The van der Waals surface area contributed by atoms with Crippen LogP contribution in [0.4, 0.5) is 21.0 Å². The van der Waals surface area contributed by atoms with Crippen molar-refractivity contribution in [3.8, 4) is 0 Å². The van der Waals surface area contributed by atoms with Crippen LogP contribution >= 0.6 is 0 Å². The lowest BCUT2D eigenvalue weighted by Gasteiger charge is -2.25. The van der Waals surface area contributed by atoms with Crippen LogP contribution in [0.1, 0.15) is 38.5 Å². The van der Waals surface area contributed by atoms with E-state index in [2.05, 4.69) is 0 Å². The van der Waals surface area contributed by atoms with Crippen LogP contribution in [0.25, 0.3) is 21.5 Å². The summed E-state index contributed by atoms with van der Waals surface area (Å²) in [5, 5.41) is 4.34. The summed E-state index contributed by atoms with van der Waals surface area (Å²) in [5.74, 6) is 0.666. The van der Waals surface area contributed by atoms with Gasteiger partial charge in [-0.15, -0.1) is 0 Å². The highest BCUT2D eigenvalue weighted by Crippen LogP contribution is 2.48. The van der Waals surface area contributed by atoms with Gasteiger partial charge in [0, 0.05) is 12.1 Å². The van der Waals surface area contributed by atoms with Gasteiger partial charge in [-0.25, -0.2) is 19.4 Å². The Hall–Kier alpha value is -4.72. The minimum atomic E-state index is -0.210. The van der Waals surface area contributed by atoms with Gasteiger partial charge >= 0.3 is 12.1 Å². The molecule has 4 aliphatic heterocycles.